The van der Waals surface area contributed by atoms with Gasteiger partial charge in [0.1, 0.15) is 0 Å². The van der Waals surface area contributed by atoms with E-state index >= 15 is 0 Å². The lowest BCUT2D eigenvalue weighted by atomic mass is 10.1. The number of carbonyl (C=O) groups excluding carboxylic acids is 2. The van der Waals surface area contributed by atoms with Gasteiger partial charge < -0.3 is 14.6 Å². The van der Waals surface area contributed by atoms with Crippen LogP contribution in [0.25, 0.3) is 0 Å². The van der Waals surface area contributed by atoms with Gasteiger partial charge in [0.05, 0.1) is 24.9 Å². The third-order valence-electron chi connectivity index (χ3n) is 2.38. The Bertz CT molecular complexity index is 318. The summed E-state index contributed by atoms with van der Waals surface area (Å²) < 4.78 is 9.99. The molecule has 0 aliphatic rings. The second-order valence-electron chi connectivity index (χ2n) is 5.36. The van der Waals surface area contributed by atoms with Crippen molar-refractivity contribution in [3.05, 3.63) is 0 Å². The molecule has 0 rings (SSSR count). The second kappa shape index (κ2) is 8.63. The van der Waals surface area contributed by atoms with Crippen molar-refractivity contribution in [3.63, 3.8) is 0 Å². The lowest BCUT2D eigenvalue weighted by molar-refractivity contribution is 0.00884. The first-order chi connectivity index (χ1) is 9.18. The third kappa shape index (κ3) is 6.60. The highest BCUT2D eigenvalue weighted by Gasteiger charge is 2.30. The number of nitrogens with one attached hydrogen (secondary N) is 1. The number of hydrazine groups is 1. The van der Waals surface area contributed by atoms with Crippen molar-refractivity contribution in [1.82, 2.24) is 10.4 Å². The third-order valence-corrected chi connectivity index (χ3v) is 2.38. The fourth-order valence-corrected chi connectivity index (χ4v) is 1.45. The molecular formula is C13H26N2O5. The number of aliphatic hydroxyl groups is 1. The van der Waals surface area contributed by atoms with Crippen LogP contribution in [0.4, 0.5) is 9.59 Å². The summed E-state index contributed by atoms with van der Waals surface area (Å²) in [5, 5.41) is 10.4. The predicted molar refractivity (Wildman–Crippen MR) is 73.9 cm³/mol. The van der Waals surface area contributed by atoms with E-state index in [4.69, 9.17) is 9.47 Å². The minimum absolute atomic E-state index is 0.0703. The molecule has 0 saturated carbocycles. The number of hydrogen-bond donors (Lipinski definition) is 2. The van der Waals surface area contributed by atoms with E-state index in [0.29, 0.717) is 0 Å². The molecule has 0 fully saturated rings. The molecule has 2 N–H and O–H groups in total. The molecule has 20 heavy (non-hydrogen) atoms. The topological polar surface area (TPSA) is 88.1 Å². The van der Waals surface area contributed by atoms with Gasteiger partial charge in [0, 0.05) is 0 Å². The van der Waals surface area contributed by atoms with Crippen LogP contribution in [0.1, 0.15) is 41.5 Å². The Morgan fingerprint density at radius 2 is 1.55 bits per heavy atom. The molecule has 0 aromatic carbocycles. The average molecular weight is 290 g/mol. The standard InChI is InChI=1S/C13H26N2O5/c1-8(2)11(7-16)15(13(18)20-10(5)6)14-12(17)19-9(3)4/h8-11,16H,7H2,1-6H3,(H,14,17). The number of amides is 2. The fourth-order valence-electron chi connectivity index (χ4n) is 1.45. The molecule has 1 atom stereocenters. The van der Waals surface area contributed by atoms with Crippen LogP contribution in [0, 0.1) is 5.92 Å². The zero-order valence-electron chi connectivity index (χ0n) is 13.0. The summed E-state index contributed by atoms with van der Waals surface area (Å²) in [6.07, 6.45) is -2.14. The van der Waals surface area contributed by atoms with E-state index in [-0.39, 0.29) is 24.7 Å². The van der Waals surface area contributed by atoms with Gasteiger partial charge in [-0.3, -0.25) is 0 Å². The maximum Gasteiger partial charge on any atom is 0.429 e. The summed E-state index contributed by atoms with van der Waals surface area (Å²) in [5.74, 6) is -0.0703. The van der Waals surface area contributed by atoms with Crippen LogP contribution in [0.2, 0.25) is 0 Å². The maximum atomic E-state index is 12.0. The number of rotatable bonds is 5. The summed E-state index contributed by atoms with van der Waals surface area (Å²) >= 11 is 0. The molecule has 0 aliphatic carbocycles. The number of nitrogens with zero attached hydrogens (tertiary/aromatic N) is 1. The van der Waals surface area contributed by atoms with E-state index in [2.05, 4.69) is 5.43 Å². The second-order valence-corrected chi connectivity index (χ2v) is 5.36. The van der Waals surface area contributed by atoms with Crippen molar-refractivity contribution >= 4 is 12.2 Å². The zero-order chi connectivity index (χ0) is 15.9. The average Bonchev–Trinajstić information content (AvgIpc) is 2.25. The Hall–Kier alpha value is -1.50. The van der Waals surface area contributed by atoms with Crippen molar-refractivity contribution in [2.24, 2.45) is 5.92 Å². The molecule has 7 heteroatoms. The van der Waals surface area contributed by atoms with Gasteiger partial charge in [-0.1, -0.05) is 13.8 Å². The van der Waals surface area contributed by atoms with Gasteiger partial charge >= 0.3 is 12.2 Å². The van der Waals surface area contributed by atoms with E-state index in [1.165, 1.54) is 0 Å². The van der Waals surface area contributed by atoms with E-state index in [1.807, 2.05) is 13.8 Å². The number of hydrogen-bond acceptors (Lipinski definition) is 5. The van der Waals surface area contributed by atoms with Crippen molar-refractivity contribution in [2.75, 3.05) is 6.61 Å². The quantitative estimate of drug-likeness (QED) is 0.755. The van der Waals surface area contributed by atoms with Gasteiger partial charge in [-0.15, -0.1) is 0 Å². The van der Waals surface area contributed by atoms with Crippen LogP contribution < -0.4 is 5.43 Å². The minimum Gasteiger partial charge on any atom is -0.446 e. The van der Waals surface area contributed by atoms with Crippen LogP contribution in [-0.2, 0) is 9.47 Å². The summed E-state index contributed by atoms with van der Waals surface area (Å²) in [7, 11) is 0. The smallest absolute Gasteiger partial charge is 0.429 e. The molecule has 0 heterocycles. The molecule has 0 aromatic heterocycles. The monoisotopic (exact) mass is 290 g/mol. The van der Waals surface area contributed by atoms with Crippen LogP contribution >= 0.6 is 0 Å². The lowest BCUT2D eigenvalue weighted by Crippen LogP contribution is -2.56. The summed E-state index contributed by atoms with van der Waals surface area (Å²) in [5.41, 5.74) is 2.32. The van der Waals surface area contributed by atoms with Crippen LogP contribution in [-0.4, -0.2) is 47.2 Å². The van der Waals surface area contributed by atoms with E-state index in [9.17, 15) is 14.7 Å². The molecule has 2 amide bonds. The normalized spacial score (nSPS) is 12.5. The maximum absolute atomic E-state index is 12.0. The SMILES string of the molecule is CC(C)OC(=O)NN(C(=O)OC(C)C)C(CO)C(C)C. The fraction of sp³-hybridized carbons (Fsp3) is 0.846. The molecule has 0 bridgehead atoms. The summed E-state index contributed by atoms with van der Waals surface area (Å²) in [4.78, 5) is 23.6. The molecule has 118 valence electrons. The van der Waals surface area contributed by atoms with Gasteiger partial charge in [0.25, 0.3) is 0 Å². The van der Waals surface area contributed by atoms with Crippen molar-refractivity contribution in [3.8, 4) is 0 Å². The molecule has 7 nitrogen and oxygen atoms in total. The highest BCUT2D eigenvalue weighted by atomic mass is 16.6. The summed E-state index contributed by atoms with van der Waals surface area (Å²) in [6, 6.07) is -0.596. The molecule has 0 aliphatic heterocycles. The van der Waals surface area contributed by atoms with Gasteiger partial charge in [-0.05, 0) is 33.6 Å². The predicted octanol–water partition coefficient (Wildman–Crippen LogP) is 1.90. The number of carbonyl (C=O) groups is 2. The number of ether oxygens (including phenoxy) is 2. The van der Waals surface area contributed by atoms with E-state index < -0.39 is 18.2 Å². The molecular weight excluding hydrogens is 264 g/mol. The van der Waals surface area contributed by atoms with Gasteiger partial charge in [0.2, 0.25) is 0 Å². The molecule has 0 aromatic rings. The van der Waals surface area contributed by atoms with E-state index in [1.54, 1.807) is 27.7 Å². The van der Waals surface area contributed by atoms with Crippen LogP contribution in [0.3, 0.4) is 0 Å². The molecule has 0 spiro atoms. The Balaban J connectivity index is 4.95. The Labute approximate surface area is 120 Å². The largest absolute Gasteiger partial charge is 0.446 e. The Morgan fingerprint density at radius 1 is 1.05 bits per heavy atom. The first kappa shape index (κ1) is 18.5. The first-order valence-corrected chi connectivity index (χ1v) is 6.77. The van der Waals surface area contributed by atoms with Gasteiger partial charge in [-0.25, -0.2) is 20.0 Å². The van der Waals surface area contributed by atoms with Gasteiger partial charge in [0.15, 0.2) is 0 Å². The Kier molecular flexibility index (Phi) is 7.98. The van der Waals surface area contributed by atoms with Crippen LogP contribution in [0.5, 0.6) is 0 Å². The zero-order valence-corrected chi connectivity index (χ0v) is 13.0. The lowest BCUT2D eigenvalue weighted by Gasteiger charge is -2.32. The van der Waals surface area contributed by atoms with Crippen LogP contribution in [0.15, 0.2) is 0 Å². The van der Waals surface area contributed by atoms with Crippen molar-refractivity contribution in [1.29, 1.82) is 0 Å². The van der Waals surface area contributed by atoms with Crippen molar-refractivity contribution < 1.29 is 24.2 Å². The Morgan fingerprint density at radius 3 is 1.90 bits per heavy atom. The van der Waals surface area contributed by atoms with Gasteiger partial charge in [-0.2, -0.15) is 0 Å². The molecule has 0 saturated heterocycles. The summed E-state index contributed by atoms with van der Waals surface area (Å²) in [6.45, 7) is 10.1. The molecule has 1 unspecified atom stereocenters. The minimum atomic E-state index is -0.764. The first-order valence-electron chi connectivity index (χ1n) is 6.77. The highest BCUT2D eigenvalue weighted by molar-refractivity contribution is 5.74. The van der Waals surface area contributed by atoms with Crippen molar-refractivity contribution in [2.45, 2.75) is 59.8 Å². The number of aliphatic hydroxyl groups excluding tert-OH is 1. The highest BCUT2D eigenvalue weighted by Crippen LogP contribution is 2.11. The van der Waals surface area contributed by atoms with E-state index in [0.717, 1.165) is 5.01 Å². The molecule has 0 radical (unpaired) electrons.